The molecule has 0 atom stereocenters. The smallest absolute Gasteiger partial charge is 0.237 e. The summed E-state index contributed by atoms with van der Waals surface area (Å²) >= 11 is 0. The van der Waals surface area contributed by atoms with Crippen LogP contribution in [-0.2, 0) is 9.47 Å². The van der Waals surface area contributed by atoms with Crippen LogP contribution >= 0.6 is 0 Å². The summed E-state index contributed by atoms with van der Waals surface area (Å²) in [4.78, 5) is -0.562. The van der Waals surface area contributed by atoms with Gasteiger partial charge in [0.05, 0.1) is 11.6 Å². The van der Waals surface area contributed by atoms with E-state index in [9.17, 15) is 15.5 Å². The topological polar surface area (TPSA) is 87.8 Å². The van der Waals surface area contributed by atoms with Crippen molar-refractivity contribution in [3.63, 3.8) is 0 Å². The summed E-state index contributed by atoms with van der Waals surface area (Å²) in [5.41, 5.74) is -0.0431. The van der Waals surface area contributed by atoms with Crippen molar-refractivity contribution in [3.8, 4) is 0 Å². The first-order chi connectivity index (χ1) is 7.59. The molecular formula is C10H10NO5-. The van der Waals surface area contributed by atoms with Gasteiger partial charge in [0.15, 0.2) is 11.5 Å². The normalized spacial score (nSPS) is 22.2. The van der Waals surface area contributed by atoms with E-state index in [1.807, 2.05) is 0 Å². The van der Waals surface area contributed by atoms with Gasteiger partial charge in [-0.1, -0.05) is 0 Å². The molecule has 1 fully saturated rings. The highest BCUT2D eigenvalue weighted by atomic mass is 16.8. The van der Waals surface area contributed by atoms with Crippen molar-refractivity contribution in [1.82, 2.24) is 0 Å². The average Bonchev–Trinajstić information content (AvgIpc) is 2.27. The second-order valence-corrected chi connectivity index (χ2v) is 3.36. The van der Waals surface area contributed by atoms with Crippen molar-refractivity contribution in [2.24, 2.45) is 0 Å². The fourth-order valence-corrected chi connectivity index (χ4v) is 1.52. The Balaban J connectivity index is 2.51. The molecule has 1 heterocycles. The predicted molar refractivity (Wildman–Crippen MR) is 55.4 cm³/mol. The summed E-state index contributed by atoms with van der Waals surface area (Å²) in [7, 11) is 0. The number of fused-ring (bicyclic) bond motifs is 1. The summed E-state index contributed by atoms with van der Waals surface area (Å²) < 4.78 is 10.5. The maximum absolute atomic E-state index is 10.8. The number of nitrogens with zero attached hydrogens (tertiary/aromatic N) is 1. The zero-order valence-corrected chi connectivity index (χ0v) is 8.60. The molecule has 1 aliphatic heterocycles. The van der Waals surface area contributed by atoms with Gasteiger partial charge in [-0.2, -0.15) is 4.90 Å². The standard InChI is InChI=1S/C10H10NO5/c1-6(12)7-4-9-10(16-3-2-15-9)5-8(7)11(13)14/h4-5H,2-3H2,1H3,(H-,12,13,14)/q-1. The minimum atomic E-state index is -0.562. The van der Waals surface area contributed by atoms with Crippen LogP contribution in [0.2, 0.25) is 0 Å². The van der Waals surface area contributed by atoms with E-state index in [0.717, 1.165) is 0 Å². The molecule has 0 unspecified atom stereocenters. The lowest BCUT2D eigenvalue weighted by Crippen LogP contribution is -2.22. The van der Waals surface area contributed by atoms with Crippen LogP contribution in [0.3, 0.4) is 0 Å². The highest BCUT2D eigenvalue weighted by molar-refractivity contribution is 6.09. The molecule has 86 valence electrons. The quantitative estimate of drug-likeness (QED) is 0.378. The molecule has 1 saturated heterocycles. The van der Waals surface area contributed by atoms with E-state index >= 15 is 0 Å². The van der Waals surface area contributed by atoms with Crippen LogP contribution in [0.15, 0.2) is 35.0 Å². The lowest BCUT2D eigenvalue weighted by Gasteiger charge is -2.24. The fourth-order valence-electron chi connectivity index (χ4n) is 1.52. The average molecular weight is 224 g/mol. The van der Waals surface area contributed by atoms with Crippen LogP contribution in [-0.4, -0.2) is 28.9 Å². The Hall–Kier alpha value is -2.11. The summed E-state index contributed by atoms with van der Waals surface area (Å²) in [5.74, 6) is 0.631. The Morgan fingerprint density at radius 3 is 2.31 bits per heavy atom. The molecule has 0 aromatic heterocycles. The minimum absolute atomic E-state index is 0.122. The number of allylic oxidation sites excluding steroid dienone is 4. The third-order valence-corrected chi connectivity index (χ3v) is 2.25. The Labute approximate surface area is 91.6 Å². The van der Waals surface area contributed by atoms with Gasteiger partial charge in [0.1, 0.15) is 19.0 Å². The van der Waals surface area contributed by atoms with Gasteiger partial charge in [-0.05, 0) is 6.92 Å². The molecular weight excluding hydrogens is 214 g/mol. The number of ether oxygens (including phenoxy) is 2. The molecule has 0 aromatic rings. The van der Waals surface area contributed by atoms with Gasteiger partial charge in [0.25, 0.3) is 0 Å². The second-order valence-electron chi connectivity index (χ2n) is 3.36. The monoisotopic (exact) mass is 224 g/mol. The molecule has 2 rings (SSSR count). The van der Waals surface area contributed by atoms with Crippen LogP contribution in [0.4, 0.5) is 0 Å². The van der Waals surface area contributed by atoms with Crippen molar-refractivity contribution >= 4 is 5.71 Å². The van der Waals surface area contributed by atoms with Crippen LogP contribution in [0.5, 0.6) is 0 Å². The van der Waals surface area contributed by atoms with Crippen molar-refractivity contribution in [2.75, 3.05) is 13.2 Å². The predicted octanol–water partition coefficient (Wildman–Crippen LogP) is 1.10. The third kappa shape index (κ3) is 1.69. The molecule has 0 spiro atoms. The number of rotatable bonds is 0. The Kier molecular flexibility index (Phi) is 2.47. The van der Waals surface area contributed by atoms with Crippen molar-refractivity contribution in [3.05, 3.63) is 45.4 Å². The van der Waals surface area contributed by atoms with Crippen LogP contribution in [0.25, 0.3) is 0 Å². The van der Waals surface area contributed by atoms with Gasteiger partial charge in [-0.15, -0.1) is 0 Å². The molecule has 0 aromatic carbocycles. The maximum atomic E-state index is 10.8. The largest absolute Gasteiger partial charge is 0.612 e. The molecule has 16 heavy (non-hydrogen) atoms. The Morgan fingerprint density at radius 2 is 1.81 bits per heavy atom. The number of hydrogen-bond acceptors (Lipinski definition) is 5. The van der Waals surface area contributed by atoms with Gasteiger partial charge in [0.2, 0.25) is 5.71 Å². The second kappa shape index (κ2) is 3.80. The molecule has 0 bridgehead atoms. The highest BCUT2D eigenvalue weighted by Gasteiger charge is 2.26. The maximum Gasteiger partial charge on any atom is 0.237 e. The molecule has 0 saturated carbocycles. The SMILES string of the molecule is CC(O)=C1C=C2OCCOC2=CC1=[N+]([O-])[O-]. The minimum Gasteiger partial charge on any atom is -0.612 e. The zero-order chi connectivity index (χ0) is 11.7. The van der Waals surface area contributed by atoms with E-state index in [0.29, 0.717) is 24.7 Å². The molecule has 1 aliphatic carbocycles. The Morgan fingerprint density at radius 1 is 1.25 bits per heavy atom. The lowest BCUT2D eigenvalue weighted by molar-refractivity contribution is -0.377. The summed E-state index contributed by atoms with van der Waals surface area (Å²) in [6.07, 6.45) is 2.69. The molecule has 2 aliphatic rings. The van der Waals surface area contributed by atoms with E-state index in [-0.39, 0.29) is 17.0 Å². The zero-order valence-electron chi connectivity index (χ0n) is 8.60. The van der Waals surface area contributed by atoms with Gasteiger partial charge < -0.3 is 25.0 Å². The molecule has 1 N–H and O–H groups in total. The van der Waals surface area contributed by atoms with Crippen LogP contribution in [0.1, 0.15) is 6.92 Å². The number of aliphatic hydroxyl groups excluding tert-OH is 1. The van der Waals surface area contributed by atoms with Crippen LogP contribution < -0.4 is 0 Å². The molecule has 0 amide bonds. The number of aliphatic hydroxyl groups is 1. The van der Waals surface area contributed by atoms with E-state index in [1.54, 1.807) is 0 Å². The van der Waals surface area contributed by atoms with Crippen molar-refractivity contribution in [1.29, 1.82) is 0 Å². The van der Waals surface area contributed by atoms with Crippen molar-refractivity contribution < 1.29 is 19.5 Å². The van der Waals surface area contributed by atoms with Gasteiger partial charge >= 0.3 is 0 Å². The van der Waals surface area contributed by atoms with E-state index in [4.69, 9.17) is 9.47 Å². The fraction of sp³-hybridized carbons (Fsp3) is 0.300. The first-order valence-corrected chi connectivity index (χ1v) is 4.70. The van der Waals surface area contributed by atoms with E-state index < -0.39 is 4.90 Å². The van der Waals surface area contributed by atoms with Crippen molar-refractivity contribution in [2.45, 2.75) is 6.92 Å². The van der Waals surface area contributed by atoms with Gasteiger partial charge in [-0.3, -0.25) is 0 Å². The van der Waals surface area contributed by atoms with Gasteiger partial charge in [0, 0.05) is 6.08 Å². The first kappa shape index (κ1) is 10.4. The summed E-state index contributed by atoms with van der Waals surface area (Å²) in [6.45, 7) is 2.15. The Bertz CT molecular complexity index is 394. The van der Waals surface area contributed by atoms with Crippen LogP contribution in [0, 0.1) is 10.4 Å². The first-order valence-electron chi connectivity index (χ1n) is 4.70. The van der Waals surface area contributed by atoms with Gasteiger partial charge in [-0.25, -0.2) is 0 Å². The lowest BCUT2D eigenvalue weighted by atomic mass is 10.0. The highest BCUT2D eigenvalue weighted by Crippen LogP contribution is 2.26. The number of hydrogen-bond donors (Lipinski definition) is 1. The van der Waals surface area contributed by atoms with E-state index in [1.165, 1.54) is 19.1 Å². The third-order valence-electron chi connectivity index (χ3n) is 2.25. The summed E-state index contributed by atoms with van der Waals surface area (Å²) in [6, 6.07) is 0. The molecule has 6 nitrogen and oxygen atoms in total. The van der Waals surface area contributed by atoms with E-state index in [2.05, 4.69) is 0 Å². The molecule has 0 radical (unpaired) electrons. The molecule has 6 heteroatoms. The summed E-state index contributed by atoms with van der Waals surface area (Å²) in [5, 5.41) is 31.0.